The molecule has 0 N–H and O–H groups in total. The number of hydrogen-bond acceptors (Lipinski definition) is 2. The van der Waals surface area contributed by atoms with E-state index >= 15 is 0 Å². The topological polar surface area (TPSA) is 26.3 Å². The number of benzene rings is 1. The molecule has 0 aromatic heterocycles. The predicted octanol–water partition coefficient (Wildman–Crippen LogP) is 3.61. The Morgan fingerprint density at radius 1 is 1.38 bits per heavy atom. The minimum absolute atomic E-state index is 0.0792. The van der Waals surface area contributed by atoms with E-state index in [-0.39, 0.29) is 16.5 Å². The molecule has 0 aliphatic rings. The summed E-state index contributed by atoms with van der Waals surface area (Å²) in [7, 11) is 1.58. The molecule has 0 bridgehead atoms. The molecule has 0 saturated heterocycles. The van der Waals surface area contributed by atoms with Crippen molar-refractivity contribution in [3.63, 3.8) is 0 Å². The molecule has 2 nitrogen and oxygen atoms in total. The number of rotatable bonds is 4. The van der Waals surface area contributed by atoms with E-state index in [2.05, 4.69) is 15.9 Å². The van der Waals surface area contributed by atoms with Crippen molar-refractivity contribution in [1.29, 1.82) is 0 Å². The van der Waals surface area contributed by atoms with Gasteiger partial charge in [0.1, 0.15) is 5.75 Å². The second kappa shape index (κ2) is 5.48. The van der Waals surface area contributed by atoms with Crippen LogP contribution < -0.4 is 4.74 Å². The minimum Gasteiger partial charge on any atom is -0.496 e. The summed E-state index contributed by atoms with van der Waals surface area (Å²) in [5.41, 5.74) is 1.71. The number of carbonyl (C=O) groups excluding carboxylic acids is 1. The van der Waals surface area contributed by atoms with E-state index in [0.29, 0.717) is 11.3 Å². The van der Waals surface area contributed by atoms with Gasteiger partial charge in [-0.3, -0.25) is 4.79 Å². The first kappa shape index (κ1) is 13.2. The molecule has 16 heavy (non-hydrogen) atoms. The number of ketones is 1. The highest BCUT2D eigenvalue weighted by atomic mass is 79.9. The van der Waals surface area contributed by atoms with Crippen molar-refractivity contribution >= 4 is 21.7 Å². The number of alkyl halides is 1. The summed E-state index contributed by atoms with van der Waals surface area (Å²) in [6.45, 7) is 5.99. The van der Waals surface area contributed by atoms with Crippen LogP contribution in [0.5, 0.6) is 5.75 Å². The molecule has 0 amide bonds. The van der Waals surface area contributed by atoms with Crippen molar-refractivity contribution in [2.45, 2.75) is 25.6 Å². The summed E-state index contributed by atoms with van der Waals surface area (Å²) < 4.78 is 5.21. The molecular weight excluding hydrogens is 268 g/mol. The maximum absolute atomic E-state index is 12.2. The van der Waals surface area contributed by atoms with Crippen LogP contribution in [0.25, 0.3) is 0 Å². The van der Waals surface area contributed by atoms with Gasteiger partial charge in [0.05, 0.1) is 17.5 Å². The van der Waals surface area contributed by atoms with Crippen LogP contribution in [-0.2, 0) is 0 Å². The van der Waals surface area contributed by atoms with E-state index < -0.39 is 0 Å². The Kier molecular flexibility index (Phi) is 4.54. The lowest BCUT2D eigenvalue weighted by molar-refractivity contribution is 0.0975. The molecule has 88 valence electrons. The highest BCUT2D eigenvalue weighted by molar-refractivity contribution is 9.10. The average Bonchev–Trinajstić information content (AvgIpc) is 2.26. The van der Waals surface area contributed by atoms with Gasteiger partial charge in [0.25, 0.3) is 0 Å². The Morgan fingerprint density at radius 2 is 2.00 bits per heavy atom. The van der Waals surface area contributed by atoms with Crippen LogP contribution in [0.1, 0.15) is 29.8 Å². The third kappa shape index (κ3) is 2.85. The standard InChI is InChI=1S/C13H17BrO2/c1-8(2)12(14)13(15)10-7-9(3)5-6-11(10)16-4/h5-8,12H,1-4H3. The predicted molar refractivity (Wildman–Crippen MR) is 69.6 cm³/mol. The van der Waals surface area contributed by atoms with E-state index in [0.717, 1.165) is 5.56 Å². The number of Topliss-reactive ketones (excluding diaryl/α,β-unsaturated/α-hetero) is 1. The lowest BCUT2D eigenvalue weighted by Crippen LogP contribution is -2.20. The number of halogens is 1. The molecule has 0 spiro atoms. The van der Waals surface area contributed by atoms with Crippen molar-refractivity contribution in [3.8, 4) is 5.75 Å². The summed E-state index contributed by atoms with van der Waals surface area (Å²) in [5.74, 6) is 0.981. The van der Waals surface area contributed by atoms with Gasteiger partial charge >= 0.3 is 0 Å². The maximum atomic E-state index is 12.2. The van der Waals surface area contributed by atoms with Gasteiger partial charge in [-0.05, 0) is 25.0 Å². The third-order valence-electron chi connectivity index (χ3n) is 2.46. The lowest BCUT2D eigenvalue weighted by atomic mass is 9.99. The van der Waals surface area contributed by atoms with Gasteiger partial charge in [-0.15, -0.1) is 0 Å². The van der Waals surface area contributed by atoms with E-state index in [1.165, 1.54) is 0 Å². The van der Waals surface area contributed by atoms with Gasteiger partial charge in [0.15, 0.2) is 5.78 Å². The Labute approximate surface area is 105 Å². The molecule has 1 unspecified atom stereocenters. The Morgan fingerprint density at radius 3 is 2.50 bits per heavy atom. The number of carbonyl (C=O) groups is 1. The molecule has 1 rings (SSSR count). The summed E-state index contributed by atoms with van der Waals surface area (Å²) in [6.07, 6.45) is 0. The molecule has 1 aromatic rings. The summed E-state index contributed by atoms with van der Waals surface area (Å²) in [5, 5.41) is 0. The van der Waals surface area contributed by atoms with Crippen molar-refractivity contribution in [3.05, 3.63) is 29.3 Å². The molecule has 0 heterocycles. The van der Waals surface area contributed by atoms with Crippen molar-refractivity contribution in [2.75, 3.05) is 7.11 Å². The zero-order chi connectivity index (χ0) is 12.3. The van der Waals surface area contributed by atoms with E-state index in [1.54, 1.807) is 7.11 Å². The fourth-order valence-electron chi connectivity index (χ4n) is 1.47. The fourth-order valence-corrected chi connectivity index (χ4v) is 1.71. The highest BCUT2D eigenvalue weighted by Gasteiger charge is 2.23. The quantitative estimate of drug-likeness (QED) is 0.624. The lowest BCUT2D eigenvalue weighted by Gasteiger charge is -2.15. The summed E-state index contributed by atoms with van der Waals surface area (Å²) in [4.78, 5) is 12.0. The number of methoxy groups -OCH3 is 1. The molecule has 1 aromatic carbocycles. The second-order valence-corrected chi connectivity index (χ2v) is 5.20. The van der Waals surface area contributed by atoms with Crippen LogP contribution in [-0.4, -0.2) is 17.7 Å². The molecule has 0 radical (unpaired) electrons. The Hall–Kier alpha value is -0.830. The van der Waals surface area contributed by atoms with Crippen molar-refractivity contribution < 1.29 is 9.53 Å². The van der Waals surface area contributed by atoms with Gasteiger partial charge < -0.3 is 4.74 Å². The first-order chi connectivity index (χ1) is 7.47. The molecule has 0 aliphatic heterocycles. The van der Waals surface area contributed by atoms with E-state index in [9.17, 15) is 4.79 Å². The van der Waals surface area contributed by atoms with Crippen LogP contribution in [0.2, 0.25) is 0 Å². The zero-order valence-electron chi connectivity index (χ0n) is 10.1. The molecule has 0 fully saturated rings. The molecule has 3 heteroatoms. The molecule has 1 atom stereocenters. The normalized spacial score (nSPS) is 12.6. The summed E-state index contributed by atoms with van der Waals surface area (Å²) in [6, 6.07) is 5.65. The molecule has 0 aliphatic carbocycles. The third-order valence-corrected chi connectivity index (χ3v) is 3.93. The first-order valence-electron chi connectivity index (χ1n) is 5.30. The number of ether oxygens (including phenoxy) is 1. The highest BCUT2D eigenvalue weighted by Crippen LogP contribution is 2.25. The Bertz CT molecular complexity index is 386. The van der Waals surface area contributed by atoms with Gasteiger partial charge in [0, 0.05) is 0 Å². The Balaban J connectivity index is 3.11. The SMILES string of the molecule is COc1ccc(C)cc1C(=O)C(Br)C(C)C. The average molecular weight is 285 g/mol. The van der Waals surface area contributed by atoms with Crippen LogP contribution in [0.4, 0.5) is 0 Å². The number of aryl methyl sites for hydroxylation is 1. The van der Waals surface area contributed by atoms with Crippen LogP contribution in [0.15, 0.2) is 18.2 Å². The smallest absolute Gasteiger partial charge is 0.180 e. The molecular formula is C13H17BrO2. The van der Waals surface area contributed by atoms with Crippen molar-refractivity contribution in [2.24, 2.45) is 5.92 Å². The fraction of sp³-hybridized carbons (Fsp3) is 0.462. The van der Waals surface area contributed by atoms with Crippen LogP contribution in [0.3, 0.4) is 0 Å². The molecule has 0 saturated carbocycles. The van der Waals surface area contributed by atoms with Gasteiger partial charge in [-0.2, -0.15) is 0 Å². The van der Waals surface area contributed by atoms with E-state index in [1.807, 2.05) is 39.0 Å². The van der Waals surface area contributed by atoms with Gasteiger partial charge in [-0.1, -0.05) is 41.4 Å². The monoisotopic (exact) mass is 284 g/mol. The van der Waals surface area contributed by atoms with Crippen LogP contribution in [0, 0.1) is 12.8 Å². The largest absolute Gasteiger partial charge is 0.496 e. The van der Waals surface area contributed by atoms with E-state index in [4.69, 9.17) is 4.74 Å². The second-order valence-electron chi connectivity index (χ2n) is 4.21. The summed E-state index contributed by atoms with van der Waals surface area (Å²) >= 11 is 3.43. The zero-order valence-corrected chi connectivity index (χ0v) is 11.7. The van der Waals surface area contributed by atoms with Gasteiger partial charge in [0.2, 0.25) is 0 Å². The minimum atomic E-state index is -0.164. The van der Waals surface area contributed by atoms with Crippen LogP contribution >= 0.6 is 15.9 Å². The number of hydrogen-bond donors (Lipinski definition) is 0. The van der Waals surface area contributed by atoms with Gasteiger partial charge in [-0.25, -0.2) is 0 Å². The maximum Gasteiger partial charge on any atom is 0.180 e. The first-order valence-corrected chi connectivity index (χ1v) is 6.22. The van der Waals surface area contributed by atoms with Crippen molar-refractivity contribution in [1.82, 2.24) is 0 Å².